The normalized spacial score (nSPS) is 13.1. The zero-order chi connectivity index (χ0) is 10.4. The van der Waals surface area contributed by atoms with Gasteiger partial charge in [0, 0.05) is 11.8 Å². The van der Waals surface area contributed by atoms with Crippen LogP contribution in [-0.2, 0) is 0 Å². The summed E-state index contributed by atoms with van der Waals surface area (Å²) in [6.07, 6.45) is 1.14. The van der Waals surface area contributed by atoms with Gasteiger partial charge in [-0.1, -0.05) is 18.7 Å². The first-order valence-corrected chi connectivity index (χ1v) is 5.96. The van der Waals surface area contributed by atoms with E-state index < -0.39 is 0 Å². The lowest BCUT2D eigenvalue weighted by molar-refractivity contribution is 0.556. The van der Waals surface area contributed by atoms with E-state index in [0.29, 0.717) is 6.04 Å². The van der Waals surface area contributed by atoms with Crippen molar-refractivity contribution in [2.75, 3.05) is 12.3 Å². The van der Waals surface area contributed by atoms with Crippen LogP contribution in [0.15, 0.2) is 5.16 Å². The first-order chi connectivity index (χ1) is 6.72. The van der Waals surface area contributed by atoms with Gasteiger partial charge in [-0.25, -0.2) is 4.98 Å². The highest BCUT2D eigenvalue weighted by Crippen LogP contribution is 2.13. The van der Waals surface area contributed by atoms with Crippen LogP contribution in [0, 0.1) is 6.92 Å². The predicted molar refractivity (Wildman–Crippen MR) is 59.6 cm³/mol. The molecule has 0 aromatic carbocycles. The molecule has 0 amide bonds. The van der Waals surface area contributed by atoms with Gasteiger partial charge in [-0.15, -0.1) is 5.10 Å². The molecule has 0 aliphatic heterocycles. The van der Waals surface area contributed by atoms with Crippen molar-refractivity contribution < 1.29 is 0 Å². The molecule has 4 nitrogen and oxygen atoms in total. The molecule has 2 N–H and O–H groups in total. The van der Waals surface area contributed by atoms with Crippen molar-refractivity contribution in [3.63, 3.8) is 0 Å². The van der Waals surface area contributed by atoms with Crippen LogP contribution in [0.25, 0.3) is 0 Å². The van der Waals surface area contributed by atoms with E-state index in [2.05, 4.69) is 34.3 Å². The maximum atomic E-state index is 4.23. The lowest BCUT2D eigenvalue weighted by atomic mass is 10.3. The molecular weight excluding hydrogens is 196 g/mol. The summed E-state index contributed by atoms with van der Waals surface area (Å²) in [5.41, 5.74) is 0. The van der Waals surface area contributed by atoms with Crippen molar-refractivity contribution in [2.24, 2.45) is 0 Å². The minimum Gasteiger partial charge on any atom is -0.315 e. The number of thioether (sulfide) groups is 1. The van der Waals surface area contributed by atoms with Gasteiger partial charge in [0.1, 0.15) is 5.82 Å². The van der Waals surface area contributed by atoms with Crippen LogP contribution in [-0.4, -0.2) is 33.5 Å². The summed E-state index contributed by atoms with van der Waals surface area (Å²) < 4.78 is 0. The predicted octanol–water partition coefficient (Wildman–Crippen LogP) is 1.59. The van der Waals surface area contributed by atoms with Gasteiger partial charge in [0.15, 0.2) is 0 Å². The fraction of sp³-hybridized carbons (Fsp3) is 0.778. The highest BCUT2D eigenvalue weighted by atomic mass is 32.2. The van der Waals surface area contributed by atoms with E-state index in [1.54, 1.807) is 11.8 Å². The van der Waals surface area contributed by atoms with Crippen LogP contribution in [0.4, 0.5) is 0 Å². The number of H-pyrrole nitrogens is 1. The van der Waals surface area contributed by atoms with Gasteiger partial charge in [0.25, 0.3) is 0 Å². The van der Waals surface area contributed by atoms with Crippen molar-refractivity contribution in [3.05, 3.63) is 5.82 Å². The summed E-state index contributed by atoms with van der Waals surface area (Å²) in [6.45, 7) is 7.28. The average molecular weight is 214 g/mol. The molecule has 1 rings (SSSR count). The largest absolute Gasteiger partial charge is 0.315 e. The number of hydrogen-bond acceptors (Lipinski definition) is 4. The van der Waals surface area contributed by atoms with Gasteiger partial charge in [0.2, 0.25) is 5.16 Å². The number of aryl methyl sites for hydroxylation is 1. The van der Waals surface area contributed by atoms with Crippen LogP contribution in [0.3, 0.4) is 0 Å². The van der Waals surface area contributed by atoms with Gasteiger partial charge in [-0.3, -0.25) is 5.10 Å². The summed E-state index contributed by atoms with van der Waals surface area (Å²) >= 11 is 1.70. The molecule has 0 fully saturated rings. The van der Waals surface area contributed by atoms with Gasteiger partial charge in [-0.05, 0) is 26.8 Å². The number of aromatic amines is 1. The monoisotopic (exact) mass is 214 g/mol. The molecule has 0 saturated carbocycles. The van der Waals surface area contributed by atoms with E-state index >= 15 is 0 Å². The van der Waals surface area contributed by atoms with Crippen molar-refractivity contribution >= 4 is 11.8 Å². The maximum Gasteiger partial charge on any atom is 0.208 e. The minimum absolute atomic E-state index is 0.576. The average Bonchev–Trinajstić information content (AvgIpc) is 2.52. The molecule has 0 spiro atoms. The van der Waals surface area contributed by atoms with E-state index in [-0.39, 0.29) is 0 Å². The van der Waals surface area contributed by atoms with Crippen LogP contribution in [0.2, 0.25) is 0 Å². The van der Waals surface area contributed by atoms with Crippen LogP contribution < -0.4 is 5.32 Å². The summed E-state index contributed by atoms with van der Waals surface area (Å²) in [5, 5.41) is 11.1. The number of hydrogen-bond donors (Lipinski definition) is 2. The molecule has 1 aromatic heterocycles. The Kier molecular flexibility index (Phi) is 4.97. The Balaban J connectivity index is 2.15. The fourth-order valence-corrected chi connectivity index (χ4v) is 2.13. The van der Waals surface area contributed by atoms with E-state index in [4.69, 9.17) is 0 Å². The Labute approximate surface area is 89.3 Å². The maximum absolute atomic E-state index is 4.23. The standard InChI is InChI=1S/C9H18N4S/c1-4-10-7(2)5-6-14-9-11-8(3)12-13-9/h7,10H,4-6H2,1-3H3,(H,11,12,13). The molecule has 1 unspecified atom stereocenters. The summed E-state index contributed by atoms with van der Waals surface area (Å²) in [5.74, 6) is 1.94. The second-order valence-electron chi connectivity index (χ2n) is 3.30. The molecule has 14 heavy (non-hydrogen) atoms. The van der Waals surface area contributed by atoms with E-state index in [1.807, 2.05) is 6.92 Å². The molecule has 80 valence electrons. The van der Waals surface area contributed by atoms with E-state index in [0.717, 1.165) is 29.7 Å². The van der Waals surface area contributed by atoms with Gasteiger partial charge in [-0.2, -0.15) is 0 Å². The molecular formula is C9H18N4S. The molecule has 0 bridgehead atoms. The first kappa shape index (κ1) is 11.5. The number of nitrogens with one attached hydrogen (secondary N) is 2. The lowest BCUT2D eigenvalue weighted by Gasteiger charge is -2.10. The molecule has 1 aromatic rings. The number of rotatable bonds is 6. The van der Waals surface area contributed by atoms with Crippen LogP contribution in [0.5, 0.6) is 0 Å². The Bertz CT molecular complexity index is 261. The molecule has 1 atom stereocenters. The Morgan fingerprint density at radius 3 is 2.93 bits per heavy atom. The first-order valence-electron chi connectivity index (χ1n) is 4.97. The highest BCUT2D eigenvalue weighted by molar-refractivity contribution is 7.99. The summed E-state index contributed by atoms with van der Waals surface area (Å²) in [6, 6.07) is 0.576. The van der Waals surface area contributed by atoms with Crippen molar-refractivity contribution in [3.8, 4) is 0 Å². The number of aromatic nitrogens is 3. The second kappa shape index (κ2) is 6.03. The molecule has 0 radical (unpaired) electrons. The number of nitrogens with zero attached hydrogens (tertiary/aromatic N) is 2. The Hall–Kier alpha value is -0.550. The SMILES string of the molecule is CCNC(C)CCSc1n[nH]c(C)n1. The van der Waals surface area contributed by atoms with E-state index in [9.17, 15) is 0 Å². The third-order valence-corrected chi connectivity index (χ3v) is 2.79. The van der Waals surface area contributed by atoms with Gasteiger partial charge in [0.05, 0.1) is 0 Å². The van der Waals surface area contributed by atoms with Crippen molar-refractivity contribution in [1.29, 1.82) is 0 Å². The van der Waals surface area contributed by atoms with E-state index in [1.165, 1.54) is 0 Å². The molecule has 5 heteroatoms. The van der Waals surface area contributed by atoms with Gasteiger partial charge >= 0.3 is 0 Å². The molecule has 0 aliphatic carbocycles. The van der Waals surface area contributed by atoms with Crippen LogP contribution >= 0.6 is 11.8 Å². The fourth-order valence-electron chi connectivity index (χ4n) is 1.16. The zero-order valence-electron chi connectivity index (χ0n) is 9.00. The quantitative estimate of drug-likeness (QED) is 0.706. The third-order valence-electron chi connectivity index (χ3n) is 1.91. The summed E-state index contributed by atoms with van der Waals surface area (Å²) in [7, 11) is 0. The topological polar surface area (TPSA) is 53.6 Å². The highest BCUT2D eigenvalue weighted by Gasteiger charge is 2.03. The zero-order valence-corrected chi connectivity index (χ0v) is 9.82. The molecule has 0 aliphatic rings. The van der Waals surface area contributed by atoms with Crippen LogP contribution in [0.1, 0.15) is 26.1 Å². The molecule has 1 heterocycles. The summed E-state index contributed by atoms with van der Waals surface area (Å²) in [4.78, 5) is 4.23. The Morgan fingerprint density at radius 2 is 2.36 bits per heavy atom. The van der Waals surface area contributed by atoms with Crippen molar-refractivity contribution in [2.45, 2.75) is 38.4 Å². The minimum atomic E-state index is 0.576. The Morgan fingerprint density at radius 1 is 1.57 bits per heavy atom. The smallest absolute Gasteiger partial charge is 0.208 e. The van der Waals surface area contributed by atoms with Gasteiger partial charge < -0.3 is 5.32 Å². The second-order valence-corrected chi connectivity index (χ2v) is 4.36. The van der Waals surface area contributed by atoms with Crippen molar-refractivity contribution in [1.82, 2.24) is 20.5 Å². The third kappa shape index (κ3) is 4.11. The lowest BCUT2D eigenvalue weighted by Crippen LogP contribution is -2.25. The molecule has 0 saturated heterocycles.